The predicted octanol–water partition coefficient (Wildman–Crippen LogP) is 1.20. The highest BCUT2D eigenvalue weighted by Gasteiger charge is 2.27. The molecule has 1 fully saturated rings. The lowest BCUT2D eigenvalue weighted by atomic mass is 10.2. The molecule has 1 aliphatic heterocycles. The number of alkyl halides is 1. The van der Waals surface area contributed by atoms with Crippen LogP contribution >= 0.6 is 0 Å². The van der Waals surface area contributed by atoms with E-state index in [9.17, 15) is 4.39 Å². The Hall–Kier alpha value is -0.970. The minimum atomic E-state index is -0.680. The summed E-state index contributed by atoms with van der Waals surface area (Å²) in [6.07, 6.45) is 4.16. The van der Waals surface area contributed by atoms with Gasteiger partial charge in [0.15, 0.2) is 0 Å². The summed E-state index contributed by atoms with van der Waals surface area (Å²) in [4.78, 5) is 0. The largest absolute Gasteiger partial charge is 0.314 e. The normalized spacial score (nSPS) is 28.6. The number of rotatable bonds is 3. The second kappa shape index (κ2) is 4.13. The second-order valence-electron chi connectivity index (χ2n) is 4.72. The topological polar surface area (TPSA) is 42.7 Å². The summed E-state index contributed by atoms with van der Waals surface area (Å²) in [5.41, 5.74) is 0. The van der Waals surface area contributed by atoms with Crippen LogP contribution in [0.1, 0.15) is 37.3 Å². The molecule has 1 aromatic heterocycles. The third kappa shape index (κ3) is 1.73. The lowest BCUT2D eigenvalue weighted by Crippen LogP contribution is -2.33. The molecule has 2 unspecified atom stereocenters. The zero-order valence-electron chi connectivity index (χ0n) is 9.32. The van der Waals surface area contributed by atoms with E-state index in [1.54, 1.807) is 0 Å². The van der Waals surface area contributed by atoms with Crippen LogP contribution in [-0.2, 0) is 19.5 Å². The smallest absolute Gasteiger partial charge is 0.147 e. The molecule has 2 atom stereocenters. The van der Waals surface area contributed by atoms with Gasteiger partial charge in [-0.3, -0.25) is 0 Å². The first-order chi connectivity index (χ1) is 7.84. The van der Waals surface area contributed by atoms with E-state index in [0.717, 1.165) is 43.9 Å². The molecule has 0 aromatic carbocycles. The molecule has 2 heterocycles. The molecular weight excluding hydrogens is 207 g/mol. The van der Waals surface area contributed by atoms with Crippen LogP contribution in [0.2, 0.25) is 0 Å². The Morgan fingerprint density at radius 2 is 2.25 bits per heavy atom. The van der Waals surface area contributed by atoms with E-state index in [4.69, 9.17) is 0 Å². The zero-order chi connectivity index (χ0) is 11.0. The van der Waals surface area contributed by atoms with E-state index in [1.165, 1.54) is 0 Å². The van der Waals surface area contributed by atoms with E-state index in [0.29, 0.717) is 13.0 Å². The SMILES string of the molecule is FC1CCCC1NCc1nnc2n1CCC2. The van der Waals surface area contributed by atoms with Crippen molar-refractivity contribution in [1.29, 1.82) is 0 Å². The summed E-state index contributed by atoms with van der Waals surface area (Å²) in [6, 6.07) is 0.0225. The van der Waals surface area contributed by atoms with E-state index >= 15 is 0 Å². The van der Waals surface area contributed by atoms with Crippen LogP contribution in [0.3, 0.4) is 0 Å². The Balaban J connectivity index is 1.62. The van der Waals surface area contributed by atoms with Gasteiger partial charge in [0.2, 0.25) is 0 Å². The lowest BCUT2D eigenvalue weighted by Gasteiger charge is -2.14. The molecule has 0 bridgehead atoms. The van der Waals surface area contributed by atoms with Crippen molar-refractivity contribution in [2.24, 2.45) is 0 Å². The molecule has 0 spiro atoms. The summed E-state index contributed by atoms with van der Waals surface area (Å²) >= 11 is 0. The van der Waals surface area contributed by atoms with Gasteiger partial charge in [0.25, 0.3) is 0 Å². The fraction of sp³-hybridized carbons (Fsp3) is 0.818. The number of hydrogen-bond donors (Lipinski definition) is 1. The van der Waals surface area contributed by atoms with Gasteiger partial charge in [-0.1, -0.05) is 0 Å². The van der Waals surface area contributed by atoms with Crippen LogP contribution in [0.5, 0.6) is 0 Å². The maximum Gasteiger partial charge on any atom is 0.147 e. The monoisotopic (exact) mass is 224 g/mol. The maximum atomic E-state index is 13.4. The van der Waals surface area contributed by atoms with Crippen LogP contribution in [0.4, 0.5) is 4.39 Å². The van der Waals surface area contributed by atoms with Crippen molar-refractivity contribution in [1.82, 2.24) is 20.1 Å². The molecule has 1 aromatic rings. The minimum Gasteiger partial charge on any atom is -0.314 e. The Kier molecular flexibility index (Phi) is 2.63. The van der Waals surface area contributed by atoms with Crippen LogP contribution < -0.4 is 5.32 Å². The molecule has 1 saturated carbocycles. The van der Waals surface area contributed by atoms with Gasteiger partial charge in [0.1, 0.15) is 17.8 Å². The molecule has 4 nitrogen and oxygen atoms in total. The van der Waals surface area contributed by atoms with Gasteiger partial charge in [-0.2, -0.15) is 0 Å². The van der Waals surface area contributed by atoms with Gasteiger partial charge in [0, 0.05) is 19.0 Å². The number of aromatic nitrogens is 3. The highest BCUT2D eigenvalue weighted by molar-refractivity contribution is 5.00. The van der Waals surface area contributed by atoms with Crippen molar-refractivity contribution >= 4 is 0 Å². The van der Waals surface area contributed by atoms with Gasteiger partial charge < -0.3 is 9.88 Å². The van der Waals surface area contributed by atoms with Crippen molar-refractivity contribution < 1.29 is 4.39 Å². The predicted molar refractivity (Wildman–Crippen MR) is 57.7 cm³/mol. The number of nitrogens with one attached hydrogen (secondary N) is 1. The third-order valence-electron chi connectivity index (χ3n) is 3.64. The highest BCUT2D eigenvalue weighted by atomic mass is 19.1. The molecule has 1 aliphatic carbocycles. The highest BCUT2D eigenvalue weighted by Crippen LogP contribution is 2.22. The fourth-order valence-corrected chi connectivity index (χ4v) is 2.71. The van der Waals surface area contributed by atoms with Crippen molar-refractivity contribution in [3.63, 3.8) is 0 Å². The molecule has 0 saturated heterocycles. The molecule has 16 heavy (non-hydrogen) atoms. The third-order valence-corrected chi connectivity index (χ3v) is 3.64. The number of fused-ring (bicyclic) bond motifs is 1. The van der Waals surface area contributed by atoms with Crippen molar-refractivity contribution in [2.75, 3.05) is 0 Å². The summed E-state index contributed by atoms with van der Waals surface area (Å²) in [5.74, 6) is 2.05. The molecule has 0 amide bonds. The summed E-state index contributed by atoms with van der Waals surface area (Å²) in [7, 11) is 0. The van der Waals surface area contributed by atoms with Crippen molar-refractivity contribution in [3.05, 3.63) is 11.6 Å². The standard InChI is InChI=1S/C11H17FN4/c12-8-3-1-4-9(8)13-7-11-15-14-10-5-2-6-16(10)11/h8-9,13H,1-7H2. The summed E-state index contributed by atoms with van der Waals surface area (Å²) in [5, 5.41) is 11.6. The molecule has 1 N–H and O–H groups in total. The number of halogens is 1. The van der Waals surface area contributed by atoms with Crippen molar-refractivity contribution in [2.45, 2.75) is 57.4 Å². The maximum absolute atomic E-state index is 13.4. The van der Waals surface area contributed by atoms with Crippen LogP contribution in [-0.4, -0.2) is 27.0 Å². The van der Waals surface area contributed by atoms with Gasteiger partial charge in [-0.15, -0.1) is 10.2 Å². The summed E-state index contributed by atoms with van der Waals surface area (Å²) in [6.45, 7) is 1.67. The van der Waals surface area contributed by atoms with Crippen LogP contribution in [0.15, 0.2) is 0 Å². The van der Waals surface area contributed by atoms with Crippen molar-refractivity contribution in [3.8, 4) is 0 Å². The molecule has 0 radical (unpaired) electrons. The molecule has 5 heteroatoms. The average molecular weight is 224 g/mol. The van der Waals surface area contributed by atoms with E-state index in [2.05, 4.69) is 20.1 Å². The van der Waals surface area contributed by atoms with E-state index in [-0.39, 0.29) is 6.04 Å². The van der Waals surface area contributed by atoms with Gasteiger partial charge in [-0.25, -0.2) is 4.39 Å². The first-order valence-corrected chi connectivity index (χ1v) is 6.13. The quantitative estimate of drug-likeness (QED) is 0.839. The average Bonchev–Trinajstić information content (AvgIpc) is 2.92. The molecular formula is C11H17FN4. The summed E-state index contributed by atoms with van der Waals surface area (Å²) < 4.78 is 15.5. The fourth-order valence-electron chi connectivity index (χ4n) is 2.71. The van der Waals surface area contributed by atoms with E-state index in [1.807, 2.05) is 0 Å². The lowest BCUT2D eigenvalue weighted by molar-refractivity contribution is 0.277. The number of aryl methyl sites for hydroxylation is 1. The molecule has 88 valence electrons. The zero-order valence-corrected chi connectivity index (χ0v) is 9.32. The second-order valence-corrected chi connectivity index (χ2v) is 4.72. The molecule has 3 rings (SSSR count). The van der Waals surface area contributed by atoms with Crippen LogP contribution in [0.25, 0.3) is 0 Å². The minimum absolute atomic E-state index is 0.0225. The van der Waals surface area contributed by atoms with Crippen LogP contribution in [0, 0.1) is 0 Å². The Morgan fingerprint density at radius 1 is 1.31 bits per heavy atom. The Bertz CT molecular complexity index is 376. The van der Waals surface area contributed by atoms with Gasteiger partial charge in [-0.05, 0) is 25.7 Å². The Labute approximate surface area is 94.2 Å². The number of hydrogen-bond acceptors (Lipinski definition) is 3. The van der Waals surface area contributed by atoms with E-state index < -0.39 is 6.17 Å². The van der Waals surface area contributed by atoms with Gasteiger partial charge in [0.05, 0.1) is 6.54 Å². The molecule has 2 aliphatic rings. The first kappa shape index (κ1) is 10.2. The Morgan fingerprint density at radius 3 is 3.06 bits per heavy atom. The first-order valence-electron chi connectivity index (χ1n) is 6.13. The van der Waals surface area contributed by atoms with Gasteiger partial charge >= 0.3 is 0 Å². The number of nitrogens with zero attached hydrogens (tertiary/aromatic N) is 3.